The Morgan fingerprint density at radius 2 is 1.71 bits per heavy atom. The molecule has 4 bridgehead atoms. The van der Waals surface area contributed by atoms with E-state index in [0.29, 0.717) is 11.8 Å². The number of piperidine rings is 1. The zero-order valence-electron chi connectivity index (χ0n) is 13.2. The summed E-state index contributed by atoms with van der Waals surface area (Å²) in [5.74, 6) is 3.78. The number of hydrogen-bond donors (Lipinski definition) is 1. The van der Waals surface area contributed by atoms with Gasteiger partial charge in [0.25, 0.3) is 0 Å². The summed E-state index contributed by atoms with van der Waals surface area (Å²) < 4.78 is 0. The molecule has 1 aliphatic heterocycles. The predicted molar refractivity (Wildman–Crippen MR) is 83.6 cm³/mol. The Labute approximate surface area is 128 Å². The van der Waals surface area contributed by atoms with Crippen molar-refractivity contribution in [2.75, 3.05) is 19.6 Å². The first-order valence-corrected chi connectivity index (χ1v) is 9.18. The van der Waals surface area contributed by atoms with Crippen molar-refractivity contribution in [3.8, 4) is 0 Å². The van der Waals surface area contributed by atoms with Crippen molar-refractivity contribution in [1.29, 1.82) is 0 Å². The molecule has 4 aliphatic carbocycles. The molecule has 2 N–H and O–H groups in total. The predicted octanol–water partition coefficient (Wildman–Crippen LogP) is 2.79. The van der Waals surface area contributed by atoms with Crippen molar-refractivity contribution in [2.45, 2.75) is 57.8 Å². The molecule has 5 rings (SSSR count). The van der Waals surface area contributed by atoms with Gasteiger partial charge in [-0.1, -0.05) is 0 Å². The molecule has 1 saturated heterocycles. The van der Waals surface area contributed by atoms with Crippen molar-refractivity contribution >= 4 is 5.91 Å². The Kier molecular flexibility index (Phi) is 3.52. The van der Waals surface area contributed by atoms with Crippen LogP contribution >= 0.6 is 0 Å². The smallest absolute Gasteiger partial charge is 0.228 e. The molecule has 0 aromatic carbocycles. The van der Waals surface area contributed by atoms with E-state index in [-0.39, 0.29) is 5.41 Å². The third kappa shape index (κ3) is 2.42. The van der Waals surface area contributed by atoms with Crippen LogP contribution in [0, 0.1) is 29.1 Å². The largest absolute Gasteiger partial charge is 0.342 e. The van der Waals surface area contributed by atoms with Gasteiger partial charge in [0.2, 0.25) is 5.91 Å². The molecule has 5 fully saturated rings. The van der Waals surface area contributed by atoms with Crippen LogP contribution in [0.15, 0.2) is 0 Å². The third-order valence-corrected chi connectivity index (χ3v) is 6.87. The number of nitrogens with two attached hydrogens (primary N) is 1. The molecule has 3 nitrogen and oxygen atoms in total. The molecular weight excluding hydrogens is 260 g/mol. The second-order valence-corrected chi connectivity index (χ2v) is 8.53. The first kappa shape index (κ1) is 14.0. The van der Waals surface area contributed by atoms with E-state index in [9.17, 15) is 4.79 Å². The Balaban J connectivity index is 1.49. The van der Waals surface area contributed by atoms with Crippen molar-refractivity contribution in [1.82, 2.24) is 4.90 Å². The summed E-state index contributed by atoms with van der Waals surface area (Å²) in [5, 5.41) is 0. The van der Waals surface area contributed by atoms with Gasteiger partial charge in [0.15, 0.2) is 0 Å². The van der Waals surface area contributed by atoms with Crippen molar-refractivity contribution in [3.05, 3.63) is 0 Å². The molecule has 0 aromatic heterocycles. The van der Waals surface area contributed by atoms with Gasteiger partial charge in [-0.2, -0.15) is 0 Å². The van der Waals surface area contributed by atoms with Crippen LogP contribution in [0.2, 0.25) is 0 Å². The average Bonchev–Trinajstić information content (AvgIpc) is 2.46. The molecule has 1 unspecified atom stereocenters. The lowest BCUT2D eigenvalue weighted by atomic mass is 9.49. The van der Waals surface area contributed by atoms with E-state index >= 15 is 0 Å². The SMILES string of the molecule is NCCC1CCCN(C(=O)C23CC4CC(CC(C4)C2)C3)C1. The van der Waals surface area contributed by atoms with Crippen LogP contribution < -0.4 is 5.73 Å². The van der Waals surface area contributed by atoms with Gasteiger partial charge in [-0.05, 0) is 88.0 Å². The highest BCUT2D eigenvalue weighted by Gasteiger charge is 2.55. The Bertz CT molecular complexity index is 382. The fourth-order valence-electron chi connectivity index (χ4n) is 6.43. The molecule has 0 spiro atoms. The zero-order valence-corrected chi connectivity index (χ0v) is 13.2. The van der Waals surface area contributed by atoms with Gasteiger partial charge in [-0.3, -0.25) is 4.79 Å². The summed E-state index contributed by atoms with van der Waals surface area (Å²) in [7, 11) is 0. The first-order valence-electron chi connectivity index (χ1n) is 9.18. The molecule has 1 heterocycles. The lowest BCUT2D eigenvalue weighted by Crippen LogP contribution is -2.56. The van der Waals surface area contributed by atoms with E-state index in [2.05, 4.69) is 4.90 Å². The number of carbonyl (C=O) groups excluding carboxylic acids is 1. The summed E-state index contributed by atoms with van der Waals surface area (Å²) in [4.78, 5) is 15.5. The second-order valence-electron chi connectivity index (χ2n) is 8.53. The molecule has 1 atom stereocenters. The maximum Gasteiger partial charge on any atom is 0.228 e. The number of nitrogens with zero attached hydrogens (tertiary/aromatic N) is 1. The van der Waals surface area contributed by atoms with E-state index in [1.165, 1.54) is 51.4 Å². The number of hydrogen-bond acceptors (Lipinski definition) is 2. The maximum absolute atomic E-state index is 13.3. The molecular formula is C18H30N2O. The van der Waals surface area contributed by atoms with Crippen LogP contribution in [0.25, 0.3) is 0 Å². The van der Waals surface area contributed by atoms with Gasteiger partial charge in [0, 0.05) is 13.1 Å². The molecule has 21 heavy (non-hydrogen) atoms. The van der Waals surface area contributed by atoms with E-state index in [1.807, 2.05) is 0 Å². The average molecular weight is 290 g/mol. The molecule has 118 valence electrons. The Hall–Kier alpha value is -0.570. The molecule has 1 amide bonds. The molecule has 5 aliphatic rings. The number of rotatable bonds is 3. The fourth-order valence-corrected chi connectivity index (χ4v) is 6.43. The Morgan fingerprint density at radius 3 is 2.29 bits per heavy atom. The van der Waals surface area contributed by atoms with Crippen molar-refractivity contribution < 1.29 is 4.79 Å². The van der Waals surface area contributed by atoms with Crippen LogP contribution in [0.1, 0.15) is 57.8 Å². The zero-order chi connectivity index (χ0) is 14.4. The standard InChI is InChI=1S/C18H30N2O/c19-4-3-13-2-1-5-20(12-13)17(21)18-9-14-6-15(10-18)8-16(7-14)11-18/h13-16H,1-12,19H2. The third-order valence-electron chi connectivity index (χ3n) is 6.87. The van der Waals surface area contributed by atoms with Gasteiger partial charge < -0.3 is 10.6 Å². The number of amides is 1. The highest BCUT2D eigenvalue weighted by Crippen LogP contribution is 2.60. The van der Waals surface area contributed by atoms with Crippen LogP contribution in [-0.2, 0) is 4.79 Å². The minimum atomic E-state index is 0.0549. The van der Waals surface area contributed by atoms with Crippen LogP contribution in [0.5, 0.6) is 0 Å². The minimum absolute atomic E-state index is 0.0549. The van der Waals surface area contributed by atoms with Gasteiger partial charge in [0.1, 0.15) is 0 Å². The molecule has 3 heteroatoms. The minimum Gasteiger partial charge on any atom is -0.342 e. The van der Waals surface area contributed by atoms with E-state index in [1.54, 1.807) is 0 Å². The van der Waals surface area contributed by atoms with Gasteiger partial charge in [-0.15, -0.1) is 0 Å². The van der Waals surface area contributed by atoms with Gasteiger partial charge >= 0.3 is 0 Å². The summed E-state index contributed by atoms with van der Waals surface area (Å²) >= 11 is 0. The van der Waals surface area contributed by atoms with Crippen LogP contribution in [0.3, 0.4) is 0 Å². The second kappa shape index (κ2) is 5.26. The van der Waals surface area contributed by atoms with E-state index in [0.717, 1.165) is 43.8 Å². The lowest BCUT2D eigenvalue weighted by Gasteiger charge is -2.57. The highest BCUT2D eigenvalue weighted by atomic mass is 16.2. The lowest BCUT2D eigenvalue weighted by molar-refractivity contribution is -0.159. The monoisotopic (exact) mass is 290 g/mol. The molecule has 4 saturated carbocycles. The van der Waals surface area contributed by atoms with Gasteiger partial charge in [-0.25, -0.2) is 0 Å². The topological polar surface area (TPSA) is 46.3 Å². The summed E-state index contributed by atoms with van der Waals surface area (Å²) in [6.45, 7) is 2.75. The fraction of sp³-hybridized carbons (Fsp3) is 0.944. The summed E-state index contributed by atoms with van der Waals surface area (Å²) in [6, 6.07) is 0. The quantitative estimate of drug-likeness (QED) is 0.869. The molecule has 0 radical (unpaired) electrons. The van der Waals surface area contributed by atoms with E-state index in [4.69, 9.17) is 5.73 Å². The number of carbonyl (C=O) groups is 1. The highest BCUT2D eigenvalue weighted by molar-refractivity contribution is 5.83. The van der Waals surface area contributed by atoms with Crippen LogP contribution in [0.4, 0.5) is 0 Å². The van der Waals surface area contributed by atoms with Gasteiger partial charge in [0.05, 0.1) is 5.41 Å². The summed E-state index contributed by atoms with van der Waals surface area (Å²) in [5.41, 5.74) is 5.78. The van der Waals surface area contributed by atoms with Crippen molar-refractivity contribution in [2.24, 2.45) is 34.8 Å². The number of likely N-dealkylation sites (tertiary alicyclic amines) is 1. The molecule has 0 aromatic rings. The van der Waals surface area contributed by atoms with Crippen LogP contribution in [-0.4, -0.2) is 30.4 Å². The Morgan fingerprint density at radius 1 is 1.10 bits per heavy atom. The maximum atomic E-state index is 13.3. The van der Waals surface area contributed by atoms with E-state index < -0.39 is 0 Å². The normalized spacial score (nSPS) is 45.1. The van der Waals surface area contributed by atoms with Crippen molar-refractivity contribution in [3.63, 3.8) is 0 Å². The summed E-state index contributed by atoms with van der Waals surface area (Å²) in [6.07, 6.45) is 11.4. The first-order chi connectivity index (χ1) is 10.2.